The lowest BCUT2D eigenvalue weighted by Crippen LogP contribution is -2.50. The Balaban J connectivity index is 1.37. The molecular formula is C22H22N6OS. The monoisotopic (exact) mass is 418 g/mol. The standard InChI is InChI=1S/C22H22N6OS/c1-28-13-16(11-26-28)18-3-2-14(10-24-18)8-15-9-20(27-19-5-7-30-21(15)19)22(29)25-12-17-4-6-23-17/h2-3,5,7,9-11,13,17,23H,4,6,8,12H2,1H3,(H,25,29). The molecule has 0 radical (unpaired) electrons. The minimum absolute atomic E-state index is 0.122. The van der Waals surface area contributed by atoms with Crippen LogP contribution in [0.1, 0.15) is 28.0 Å². The first kappa shape index (κ1) is 18.9. The van der Waals surface area contributed by atoms with Crippen LogP contribution in [0.4, 0.5) is 0 Å². The zero-order chi connectivity index (χ0) is 20.5. The van der Waals surface area contributed by atoms with Gasteiger partial charge in [0.15, 0.2) is 0 Å². The quantitative estimate of drug-likeness (QED) is 0.503. The molecule has 0 bridgehead atoms. The summed E-state index contributed by atoms with van der Waals surface area (Å²) in [7, 11) is 1.89. The molecule has 1 unspecified atom stereocenters. The molecule has 5 heterocycles. The van der Waals surface area contributed by atoms with E-state index in [1.807, 2.05) is 49.2 Å². The lowest BCUT2D eigenvalue weighted by Gasteiger charge is -2.27. The summed E-state index contributed by atoms with van der Waals surface area (Å²) >= 11 is 1.65. The highest BCUT2D eigenvalue weighted by atomic mass is 32.1. The van der Waals surface area contributed by atoms with Crippen LogP contribution in [0.15, 0.2) is 48.2 Å². The number of carbonyl (C=O) groups is 1. The number of hydrogen-bond donors (Lipinski definition) is 2. The first-order valence-corrected chi connectivity index (χ1v) is 10.9. The molecule has 8 heteroatoms. The van der Waals surface area contributed by atoms with Gasteiger partial charge in [0.25, 0.3) is 5.91 Å². The van der Waals surface area contributed by atoms with Crippen molar-refractivity contribution in [3.8, 4) is 11.3 Å². The Labute approximate surface area is 178 Å². The van der Waals surface area contributed by atoms with Crippen molar-refractivity contribution in [1.29, 1.82) is 0 Å². The second kappa shape index (κ2) is 7.97. The predicted octanol–water partition coefficient (Wildman–Crippen LogP) is 2.77. The fourth-order valence-electron chi connectivity index (χ4n) is 3.57. The molecule has 1 aliphatic rings. The van der Waals surface area contributed by atoms with Crippen LogP contribution in [0.2, 0.25) is 0 Å². The van der Waals surface area contributed by atoms with E-state index >= 15 is 0 Å². The molecule has 4 aromatic rings. The number of pyridine rings is 2. The molecule has 5 rings (SSSR count). The Morgan fingerprint density at radius 3 is 2.93 bits per heavy atom. The van der Waals surface area contributed by atoms with Gasteiger partial charge in [-0.25, -0.2) is 4.98 Å². The number of carbonyl (C=O) groups excluding carboxylic acids is 1. The number of aryl methyl sites for hydroxylation is 1. The molecule has 1 atom stereocenters. The molecule has 0 aliphatic carbocycles. The number of fused-ring (bicyclic) bond motifs is 1. The van der Waals surface area contributed by atoms with Gasteiger partial charge in [-0.1, -0.05) is 6.07 Å². The second-order valence-electron chi connectivity index (χ2n) is 7.58. The maximum absolute atomic E-state index is 12.6. The van der Waals surface area contributed by atoms with E-state index in [2.05, 4.69) is 31.8 Å². The first-order chi connectivity index (χ1) is 14.7. The van der Waals surface area contributed by atoms with Crippen LogP contribution < -0.4 is 10.6 Å². The number of nitrogens with one attached hydrogen (secondary N) is 2. The summed E-state index contributed by atoms with van der Waals surface area (Å²) in [4.78, 5) is 21.8. The van der Waals surface area contributed by atoms with E-state index in [1.165, 1.54) is 0 Å². The third kappa shape index (κ3) is 3.83. The van der Waals surface area contributed by atoms with Crippen LogP contribution in [-0.4, -0.2) is 44.8 Å². The van der Waals surface area contributed by atoms with Crippen LogP contribution in [0.3, 0.4) is 0 Å². The highest BCUT2D eigenvalue weighted by molar-refractivity contribution is 7.17. The highest BCUT2D eigenvalue weighted by Crippen LogP contribution is 2.27. The van der Waals surface area contributed by atoms with Crippen LogP contribution >= 0.6 is 11.3 Å². The fourth-order valence-corrected chi connectivity index (χ4v) is 4.42. The summed E-state index contributed by atoms with van der Waals surface area (Å²) in [6, 6.07) is 8.35. The van der Waals surface area contributed by atoms with Crippen molar-refractivity contribution in [3.05, 3.63) is 65.1 Å². The molecule has 0 aromatic carbocycles. The SMILES string of the molecule is Cn1cc(-c2ccc(Cc3cc(C(=O)NCC4CCN4)nc4ccsc34)cn2)cn1. The smallest absolute Gasteiger partial charge is 0.269 e. The van der Waals surface area contributed by atoms with Gasteiger partial charge >= 0.3 is 0 Å². The molecule has 4 aromatic heterocycles. The third-order valence-electron chi connectivity index (χ3n) is 5.38. The molecule has 1 aliphatic heterocycles. The summed E-state index contributed by atoms with van der Waals surface area (Å²) in [6.45, 7) is 1.66. The number of thiophene rings is 1. The number of rotatable bonds is 6. The lowest BCUT2D eigenvalue weighted by atomic mass is 10.0. The fraction of sp³-hybridized carbons (Fsp3) is 0.273. The van der Waals surface area contributed by atoms with E-state index in [1.54, 1.807) is 16.0 Å². The third-order valence-corrected chi connectivity index (χ3v) is 6.35. The molecular weight excluding hydrogens is 396 g/mol. The van der Waals surface area contributed by atoms with Crippen molar-refractivity contribution < 1.29 is 4.79 Å². The molecule has 1 fully saturated rings. The molecule has 0 saturated carbocycles. The maximum Gasteiger partial charge on any atom is 0.269 e. The van der Waals surface area contributed by atoms with Crippen molar-refractivity contribution in [2.45, 2.75) is 18.9 Å². The van der Waals surface area contributed by atoms with Gasteiger partial charge in [0, 0.05) is 44.0 Å². The van der Waals surface area contributed by atoms with Crippen molar-refractivity contribution in [2.24, 2.45) is 7.05 Å². The Morgan fingerprint density at radius 1 is 1.33 bits per heavy atom. The van der Waals surface area contributed by atoms with Crippen molar-refractivity contribution in [2.75, 3.05) is 13.1 Å². The van der Waals surface area contributed by atoms with Gasteiger partial charge in [-0.2, -0.15) is 5.10 Å². The summed E-state index contributed by atoms with van der Waals surface area (Å²) in [5, 5.41) is 12.5. The molecule has 7 nitrogen and oxygen atoms in total. The zero-order valence-electron chi connectivity index (χ0n) is 16.6. The number of nitrogens with zero attached hydrogens (tertiary/aromatic N) is 4. The molecule has 152 valence electrons. The van der Waals surface area contributed by atoms with Crippen molar-refractivity contribution in [1.82, 2.24) is 30.4 Å². The molecule has 30 heavy (non-hydrogen) atoms. The maximum atomic E-state index is 12.6. The predicted molar refractivity (Wildman–Crippen MR) is 118 cm³/mol. The van der Waals surface area contributed by atoms with Gasteiger partial charge in [0.05, 0.1) is 22.1 Å². The topological polar surface area (TPSA) is 84.7 Å². The minimum Gasteiger partial charge on any atom is -0.349 e. The Morgan fingerprint density at radius 2 is 2.23 bits per heavy atom. The average Bonchev–Trinajstić information content (AvgIpc) is 3.36. The zero-order valence-corrected chi connectivity index (χ0v) is 17.4. The van der Waals surface area contributed by atoms with E-state index in [-0.39, 0.29) is 5.91 Å². The largest absolute Gasteiger partial charge is 0.349 e. The van der Waals surface area contributed by atoms with Gasteiger partial charge in [-0.15, -0.1) is 11.3 Å². The molecule has 0 spiro atoms. The van der Waals surface area contributed by atoms with E-state index in [9.17, 15) is 4.79 Å². The molecule has 1 amide bonds. The van der Waals surface area contributed by atoms with Crippen molar-refractivity contribution in [3.63, 3.8) is 0 Å². The molecule has 2 N–H and O–H groups in total. The Bertz CT molecular complexity index is 1190. The number of hydrogen-bond acceptors (Lipinski definition) is 6. The Kier molecular flexibility index (Phi) is 5.02. The molecule has 1 saturated heterocycles. The normalized spacial score (nSPS) is 15.8. The van der Waals surface area contributed by atoms with E-state index in [0.29, 0.717) is 24.7 Å². The highest BCUT2D eigenvalue weighted by Gasteiger charge is 2.19. The summed E-state index contributed by atoms with van der Waals surface area (Å²) in [5.74, 6) is -0.122. The summed E-state index contributed by atoms with van der Waals surface area (Å²) < 4.78 is 2.88. The van der Waals surface area contributed by atoms with Crippen LogP contribution in [0, 0.1) is 0 Å². The minimum atomic E-state index is -0.122. The van der Waals surface area contributed by atoms with E-state index in [4.69, 9.17) is 0 Å². The average molecular weight is 419 g/mol. The number of amides is 1. The van der Waals surface area contributed by atoms with Gasteiger partial charge in [0.2, 0.25) is 0 Å². The van der Waals surface area contributed by atoms with Crippen LogP contribution in [0.5, 0.6) is 0 Å². The van der Waals surface area contributed by atoms with Gasteiger partial charge in [0.1, 0.15) is 5.69 Å². The van der Waals surface area contributed by atoms with E-state index < -0.39 is 0 Å². The Hall–Kier alpha value is -3.10. The van der Waals surface area contributed by atoms with E-state index in [0.717, 1.165) is 45.6 Å². The lowest BCUT2D eigenvalue weighted by molar-refractivity contribution is 0.0940. The van der Waals surface area contributed by atoms with Gasteiger partial charge < -0.3 is 10.6 Å². The van der Waals surface area contributed by atoms with Crippen LogP contribution in [0.25, 0.3) is 21.5 Å². The van der Waals surface area contributed by atoms with Crippen LogP contribution in [-0.2, 0) is 13.5 Å². The summed E-state index contributed by atoms with van der Waals surface area (Å²) in [5.41, 5.74) is 5.41. The van der Waals surface area contributed by atoms with Gasteiger partial charge in [-0.05, 0) is 47.7 Å². The number of aromatic nitrogens is 4. The summed E-state index contributed by atoms with van der Waals surface area (Å²) in [6.07, 6.45) is 7.45. The van der Waals surface area contributed by atoms with Crippen molar-refractivity contribution >= 4 is 27.5 Å². The first-order valence-electron chi connectivity index (χ1n) is 9.98. The van der Waals surface area contributed by atoms with Gasteiger partial charge in [-0.3, -0.25) is 14.5 Å². The second-order valence-corrected chi connectivity index (χ2v) is 8.50.